The normalized spacial score (nSPS) is 9.46. The Labute approximate surface area is 80.4 Å². The molecule has 78 valence electrons. The average Bonchev–Trinajstić information content (AvgIpc) is 1.84. The van der Waals surface area contributed by atoms with Crippen molar-refractivity contribution in [1.29, 1.82) is 0 Å². The van der Waals surface area contributed by atoms with E-state index in [4.69, 9.17) is 9.84 Å². The lowest BCUT2D eigenvalue weighted by atomic mass is 10.4. The highest BCUT2D eigenvalue weighted by molar-refractivity contribution is 5.84. The van der Waals surface area contributed by atoms with Gasteiger partial charge >= 0.3 is 5.97 Å². The molecule has 0 amide bonds. The average molecular weight is 188 g/mol. The lowest BCUT2D eigenvalue weighted by molar-refractivity contribution is -0.132. The van der Waals surface area contributed by atoms with Crippen molar-refractivity contribution in [2.24, 2.45) is 0 Å². The van der Waals surface area contributed by atoms with Crippen molar-refractivity contribution in [3.8, 4) is 0 Å². The smallest absolute Gasteiger partial charge is 0.330 e. The molecule has 0 saturated carbocycles. The molecular weight excluding hydrogens is 168 g/mol. The van der Waals surface area contributed by atoms with Crippen LogP contribution in [0.2, 0.25) is 0 Å². The number of carboxylic acids is 1. The van der Waals surface area contributed by atoms with E-state index in [9.17, 15) is 4.79 Å². The Morgan fingerprint density at radius 3 is 1.46 bits per heavy atom. The molecule has 0 aromatic heterocycles. The topological polar surface area (TPSA) is 46.5 Å². The number of hydrogen-bond acceptors (Lipinski definition) is 2. The van der Waals surface area contributed by atoms with Crippen LogP contribution in [-0.2, 0) is 9.53 Å². The number of hydrogen-bond donors (Lipinski definition) is 1. The predicted molar refractivity (Wildman–Crippen MR) is 53.8 cm³/mol. The number of rotatable bonds is 3. The fraction of sp³-hybridized carbons (Fsp3) is 0.700. The third-order valence-electron chi connectivity index (χ3n) is 0.909. The van der Waals surface area contributed by atoms with Crippen molar-refractivity contribution in [2.75, 3.05) is 0 Å². The molecule has 0 heterocycles. The van der Waals surface area contributed by atoms with Gasteiger partial charge in [0, 0.05) is 5.57 Å². The molecule has 3 nitrogen and oxygen atoms in total. The summed E-state index contributed by atoms with van der Waals surface area (Å²) in [5.74, 6) is -0.935. The van der Waals surface area contributed by atoms with Crippen LogP contribution in [0.1, 0.15) is 34.6 Å². The Hall–Kier alpha value is -0.830. The van der Waals surface area contributed by atoms with Gasteiger partial charge in [-0.25, -0.2) is 4.79 Å². The first kappa shape index (κ1) is 14.7. The highest BCUT2D eigenvalue weighted by Gasteiger charge is 1.94. The number of ether oxygens (including phenoxy) is 1. The van der Waals surface area contributed by atoms with Crippen LogP contribution in [0.4, 0.5) is 0 Å². The predicted octanol–water partition coefficient (Wildman–Crippen LogP) is 2.47. The van der Waals surface area contributed by atoms with E-state index in [1.165, 1.54) is 6.92 Å². The van der Waals surface area contributed by atoms with Crippen LogP contribution in [-0.4, -0.2) is 23.3 Å². The minimum absolute atomic E-state index is 0.176. The van der Waals surface area contributed by atoms with E-state index >= 15 is 0 Å². The number of carboxylic acid groups (broad SMARTS) is 1. The summed E-state index contributed by atoms with van der Waals surface area (Å²) in [5.41, 5.74) is 0.176. The van der Waals surface area contributed by atoms with Gasteiger partial charge in [-0.1, -0.05) is 6.58 Å². The second kappa shape index (κ2) is 7.80. The van der Waals surface area contributed by atoms with E-state index in [0.29, 0.717) is 12.2 Å². The third kappa shape index (κ3) is 18.3. The van der Waals surface area contributed by atoms with Crippen LogP contribution >= 0.6 is 0 Å². The third-order valence-corrected chi connectivity index (χ3v) is 0.909. The molecule has 0 radical (unpaired) electrons. The van der Waals surface area contributed by atoms with Gasteiger partial charge in [-0.15, -0.1) is 0 Å². The van der Waals surface area contributed by atoms with Crippen LogP contribution in [0.15, 0.2) is 12.2 Å². The number of aliphatic carboxylic acids is 1. The molecule has 0 spiro atoms. The molecule has 1 N–H and O–H groups in total. The van der Waals surface area contributed by atoms with Gasteiger partial charge < -0.3 is 9.84 Å². The Balaban J connectivity index is 0. The second-order valence-electron chi connectivity index (χ2n) is 3.32. The Bertz CT molecular complexity index is 142. The standard InChI is InChI=1S/C6H14O.C4H6O2/c1-5(2)7-6(3)4;1-3(2)4(5)6/h5-6H,1-4H3;1H2,2H3,(H,5,6). The Kier molecular flexibility index (Phi) is 8.81. The van der Waals surface area contributed by atoms with Crippen LogP contribution < -0.4 is 0 Å². The molecule has 0 aliphatic rings. The zero-order chi connectivity index (χ0) is 11.0. The molecule has 0 rings (SSSR count). The molecule has 0 aromatic carbocycles. The molecular formula is C10H20O3. The van der Waals surface area contributed by atoms with Gasteiger partial charge in [0.15, 0.2) is 0 Å². The maximum absolute atomic E-state index is 9.60. The van der Waals surface area contributed by atoms with E-state index in [1.807, 2.05) is 27.7 Å². The highest BCUT2D eigenvalue weighted by Crippen LogP contribution is 1.93. The van der Waals surface area contributed by atoms with Gasteiger partial charge in [0.25, 0.3) is 0 Å². The minimum Gasteiger partial charge on any atom is -0.478 e. The fourth-order valence-electron chi connectivity index (χ4n) is 0.544. The molecule has 0 bridgehead atoms. The summed E-state index contributed by atoms with van der Waals surface area (Å²) in [5, 5.41) is 7.89. The monoisotopic (exact) mass is 188 g/mol. The molecule has 0 saturated heterocycles. The van der Waals surface area contributed by atoms with Crippen molar-refractivity contribution in [1.82, 2.24) is 0 Å². The van der Waals surface area contributed by atoms with Gasteiger partial charge in [-0.3, -0.25) is 0 Å². The molecule has 3 heteroatoms. The lowest BCUT2D eigenvalue weighted by Gasteiger charge is -2.09. The SMILES string of the molecule is C=C(C)C(=O)O.CC(C)OC(C)C. The summed E-state index contributed by atoms with van der Waals surface area (Å²) in [4.78, 5) is 9.60. The van der Waals surface area contributed by atoms with Crippen LogP contribution in [0.5, 0.6) is 0 Å². The van der Waals surface area contributed by atoms with E-state index in [1.54, 1.807) is 0 Å². The summed E-state index contributed by atoms with van der Waals surface area (Å²) in [6.07, 6.45) is 0.750. The fourth-order valence-corrected chi connectivity index (χ4v) is 0.544. The highest BCUT2D eigenvalue weighted by atomic mass is 16.5. The molecule has 0 aromatic rings. The summed E-state index contributed by atoms with van der Waals surface area (Å²) in [6.45, 7) is 12.8. The van der Waals surface area contributed by atoms with E-state index in [-0.39, 0.29) is 5.57 Å². The van der Waals surface area contributed by atoms with E-state index in [2.05, 4.69) is 6.58 Å². The van der Waals surface area contributed by atoms with Crippen LogP contribution in [0, 0.1) is 0 Å². The number of carbonyl (C=O) groups is 1. The molecule has 0 fully saturated rings. The summed E-state index contributed by atoms with van der Waals surface area (Å²) < 4.78 is 5.25. The first-order chi connectivity index (χ1) is 5.77. The summed E-state index contributed by atoms with van der Waals surface area (Å²) in [7, 11) is 0. The maximum Gasteiger partial charge on any atom is 0.330 e. The van der Waals surface area contributed by atoms with Crippen LogP contribution in [0.3, 0.4) is 0 Å². The zero-order valence-corrected chi connectivity index (χ0v) is 9.13. The van der Waals surface area contributed by atoms with Gasteiger partial charge in [0.1, 0.15) is 0 Å². The summed E-state index contributed by atoms with van der Waals surface area (Å²) >= 11 is 0. The zero-order valence-electron chi connectivity index (χ0n) is 9.13. The lowest BCUT2D eigenvalue weighted by Crippen LogP contribution is -2.09. The van der Waals surface area contributed by atoms with Crippen LogP contribution in [0.25, 0.3) is 0 Å². The second-order valence-corrected chi connectivity index (χ2v) is 3.32. The van der Waals surface area contributed by atoms with E-state index < -0.39 is 5.97 Å². The Morgan fingerprint density at radius 2 is 1.46 bits per heavy atom. The van der Waals surface area contributed by atoms with Crippen molar-refractivity contribution in [2.45, 2.75) is 46.8 Å². The molecule has 0 atom stereocenters. The molecule has 0 aliphatic heterocycles. The maximum atomic E-state index is 9.60. The van der Waals surface area contributed by atoms with E-state index in [0.717, 1.165) is 0 Å². The van der Waals surface area contributed by atoms with Gasteiger partial charge in [-0.05, 0) is 34.6 Å². The first-order valence-corrected chi connectivity index (χ1v) is 4.31. The van der Waals surface area contributed by atoms with Gasteiger partial charge in [0.05, 0.1) is 12.2 Å². The van der Waals surface area contributed by atoms with Crippen molar-refractivity contribution in [3.05, 3.63) is 12.2 Å². The van der Waals surface area contributed by atoms with Gasteiger partial charge in [0.2, 0.25) is 0 Å². The van der Waals surface area contributed by atoms with Crippen molar-refractivity contribution >= 4 is 5.97 Å². The Morgan fingerprint density at radius 1 is 1.23 bits per heavy atom. The first-order valence-electron chi connectivity index (χ1n) is 4.31. The molecule has 13 heavy (non-hydrogen) atoms. The largest absolute Gasteiger partial charge is 0.478 e. The van der Waals surface area contributed by atoms with Gasteiger partial charge in [-0.2, -0.15) is 0 Å². The molecule has 0 unspecified atom stereocenters. The molecule has 0 aliphatic carbocycles. The summed E-state index contributed by atoms with van der Waals surface area (Å²) in [6, 6.07) is 0. The van der Waals surface area contributed by atoms with Crippen molar-refractivity contribution in [3.63, 3.8) is 0 Å². The quantitative estimate of drug-likeness (QED) is 0.692. The van der Waals surface area contributed by atoms with Crippen molar-refractivity contribution < 1.29 is 14.6 Å². The minimum atomic E-state index is -0.935.